The standard InChI is InChI=1S/C27H41BrO5/c1-5-7-8-23(31)32-17-9-11-26(3)16(13-17)14-21(29)24-18(26)10-12-27(4)19(24)15-20(28)25(27)33-22(30)6-2/h14,17-21,24-25,29H,5-13,15H2,1-4H3/t17-,18?,19?,20+,21-,24?,25-,26-,27-/m0/s1. The maximum Gasteiger partial charge on any atom is 0.306 e. The smallest absolute Gasteiger partial charge is 0.306 e. The Hall–Kier alpha value is -0.880. The van der Waals surface area contributed by atoms with Crippen molar-refractivity contribution in [2.45, 2.75) is 115 Å². The van der Waals surface area contributed by atoms with Gasteiger partial charge in [-0.2, -0.15) is 0 Å². The monoisotopic (exact) mass is 524 g/mol. The number of carbonyl (C=O) groups excluding carboxylic acids is 2. The van der Waals surface area contributed by atoms with E-state index in [1.807, 2.05) is 6.92 Å². The second kappa shape index (κ2) is 9.64. The van der Waals surface area contributed by atoms with Gasteiger partial charge in [0.2, 0.25) is 0 Å². The van der Waals surface area contributed by atoms with Crippen molar-refractivity contribution in [3.8, 4) is 0 Å². The number of hydrogen-bond donors (Lipinski definition) is 1. The van der Waals surface area contributed by atoms with E-state index in [1.54, 1.807) is 0 Å². The van der Waals surface area contributed by atoms with E-state index in [0.29, 0.717) is 24.7 Å². The molecule has 186 valence electrons. The molecular formula is C27H41BrO5. The van der Waals surface area contributed by atoms with E-state index in [4.69, 9.17) is 9.47 Å². The molecule has 0 spiro atoms. The molecule has 6 heteroatoms. The largest absolute Gasteiger partial charge is 0.462 e. The Balaban J connectivity index is 1.53. The number of hydrogen-bond acceptors (Lipinski definition) is 5. The van der Waals surface area contributed by atoms with Crippen LogP contribution in [0.2, 0.25) is 0 Å². The summed E-state index contributed by atoms with van der Waals surface area (Å²) < 4.78 is 11.7. The zero-order valence-electron chi connectivity index (χ0n) is 20.6. The van der Waals surface area contributed by atoms with E-state index in [9.17, 15) is 14.7 Å². The van der Waals surface area contributed by atoms with Gasteiger partial charge in [-0.3, -0.25) is 9.59 Å². The second-order valence-corrected chi connectivity index (χ2v) is 12.6. The van der Waals surface area contributed by atoms with Crippen LogP contribution in [0.3, 0.4) is 0 Å². The predicted molar refractivity (Wildman–Crippen MR) is 131 cm³/mol. The van der Waals surface area contributed by atoms with Crippen LogP contribution in [0.1, 0.15) is 91.9 Å². The highest BCUT2D eigenvalue weighted by molar-refractivity contribution is 9.09. The first-order valence-electron chi connectivity index (χ1n) is 13.1. The highest BCUT2D eigenvalue weighted by atomic mass is 79.9. The molecule has 0 aromatic heterocycles. The van der Waals surface area contributed by atoms with Crippen LogP contribution in [0.25, 0.3) is 0 Å². The molecule has 3 fully saturated rings. The topological polar surface area (TPSA) is 72.8 Å². The highest BCUT2D eigenvalue weighted by Gasteiger charge is 2.63. The van der Waals surface area contributed by atoms with Crippen LogP contribution in [0.15, 0.2) is 11.6 Å². The SMILES string of the molecule is CCCCC(=O)O[C@H]1CC[C@@]2(C)C(=C[C@H](O)C3C2CC[C@@]2(C)C3C[C@@H](Br)[C@@H]2OC(=O)CC)C1. The number of halogens is 1. The zero-order chi connectivity index (χ0) is 24.0. The third-order valence-corrected chi connectivity index (χ3v) is 10.4. The number of fused-ring (bicyclic) bond motifs is 5. The second-order valence-electron chi connectivity index (χ2n) is 11.4. The van der Waals surface area contributed by atoms with E-state index in [0.717, 1.165) is 51.4 Å². The van der Waals surface area contributed by atoms with Crippen molar-refractivity contribution in [1.29, 1.82) is 0 Å². The number of unbranched alkanes of at least 4 members (excludes halogenated alkanes) is 1. The summed E-state index contributed by atoms with van der Waals surface area (Å²) in [7, 11) is 0. The van der Waals surface area contributed by atoms with Gasteiger partial charge in [0, 0.05) is 24.7 Å². The molecule has 33 heavy (non-hydrogen) atoms. The van der Waals surface area contributed by atoms with Gasteiger partial charge in [0.15, 0.2) is 0 Å². The van der Waals surface area contributed by atoms with Crippen molar-refractivity contribution in [3.05, 3.63) is 11.6 Å². The molecule has 4 aliphatic rings. The van der Waals surface area contributed by atoms with Gasteiger partial charge in [0.1, 0.15) is 12.2 Å². The summed E-state index contributed by atoms with van der Waals surface area (Å²) in [5.41, 5.74) is 1.20. The number of rotatable bonds is 6. The van der Waals surface area contributed by atoms with Gasteiger partial charge in [-0.1, -0.05) is 61.7 Å². The average molecular weight is 526 g/mol. The summed E-state index contributed by atoms with van der Waals surface area (Å²) in [6.45, 7) is 8.56. The fraction of sp³-hybridized carbons (Fsp3) is 0.852. The van der Waals surface area contributed by atoms with Crippen molar-refractivity contribution < 1.29 is 24.2 Å². The number of alkyl halides is 1. The molecule has 0 saturated heterocycles. The molecule has 1 N–H and O–H groups in total. The number of esters is 2. The Kier molecular flexibility index (Phi) is 7.37. The predicted octanol–water partition coefficient (Wildman–Crippen LogP) is 5.72. The molecule has 4 aliphatic carbocycles. The Morgan fingerprint density at radius 2 is 1.88 bits per heavy atom. The Morgan fingerprint density at radius 3 is 2.58 bits per heavy atom. The third kappa shape index (κ3) is 4.44. The van der Waals surface area contributed by atoms with Crippen LogP contribution in [0, 0.1) is 28.6 Å². The van der Waals surface area contributed by atoms with Crippen LogP contribution in [-0.4, -0.2) is 40.2 Å². The number of aliphatic hydroxyl groups excluding tert-OH is 1. The molecule has 0 aliphatic heterocycles. The molecule has 0 aromatic rings. The summed E-state index contributed by atoms with van der Waals surface area (Å²) in [5, 5.41) is 11.4. The Labute approximate surface area is 207 Å². The van der Waals surface area contributed by atoms with E-state index in [1.165, 1.54) is 5.57 Å². The quantitative estimate of drug-likeness (QED) is 0.273. The molecule has 0 amide bonds. The van der Waals surface area contributed by atoms with Gasteiger partial charge >= 0.3 is 11.9 Å². The average Bonchev–Trinajstić information content (AvgIpc) is 3.03. The van der Waals surface area contributed by atoms with E-state index < -0.39 is 6.10 Å². The minimum Gasteiger partial charge on any atom is -0.462 e. The Bertz CT molecular complexity index is 795. The number of aliphatic hydroxyl groups is 1. The van der Waals surface area contributed by atoms with Crippen molar-refractivity contribution in [2.75, 3.05) is 0 Å². The minimum atomic E-state index is -0.502. The highest BCUT2D eigenvalue weighted by Crippen LogP contribution is 2.66. The van der Waals surface area contributed by atoms with Crippen molar-refractivity contribution in [3.63, 3.8) is 0 Å². The molecule has 0 aromatic carbocycles. The number of ether oxygens (including phenoxy) is 2. The molecule has 0 heterocycles. The van der Waals surface area contributed by atoms with Gasteiger partial charge < -0.3 is 14.6 Å². The first kappa shape index (κ1) is 25.2. The molecule has 9 atom stereocenters. The fourth-order valence-corrected chi connectivity index (χ4v) is 8.76. The summed E-state index contributed by atoms with van der Waals surface area (Å²) in [6.07, 6.45) is 9.72. The lowest BCUT2D eigenvalue weighted by atomic mass is 9.47. The lowest BCUT2D eigenvalue weighted by Crippen LogP contribution is -2.55. The van der Waals surface area contributed by atoms with Crippen molar-refractivity contribution >= 4 is 27.9 Å². The lowest BCUT2D eigenvalue weighted by Gasteiger charge is -2.58. The first-order valence-corrected chi connectivity index (χ1v) is 14.0. The fourth-order valence-electron chi connectivity index (χ4n) is 7.64. The van der Waals surface area contributed by atoms with Gasteiger partial charge in [0.05, 0.1) is 10.9 Å². The zero-order valence-corrected chi connectivity index (χ0v) is 22.2. The van der Waals surface area contributed by atoms with Gasteiger partial charge in [0.25, 0.3) is 0 Å². The van der Waals surface area contributed by atoms with E-state index in [-0.39, 0.29) is 45.7 Å². The molecule has 4 rings (SSSR count). The van der Waals surface area contributed by atoms with Crippen molar-refractivity contribution in [1.82, 2.24) is 0 Å². The van der Waals surface area contributed by atoms with E-state index >= 15 is 0 Å². The molecule has 3 saturated carbocycles. The van der Waals surface area contributed by atoms with Gasteiger partial charge in [-0.15, -0.1) is 0 Å². The van der Waals surface area contributed by atoms with Crippen molar-refractivity contribution in [2.24, 2.45) is 28.6 Å². The van der Waals surface area contributed by atoms with Gasteiger partial charge in [-0.05, 0) is 61.7 Å². The molecule has 3 unspecified atom stereocenters. The molecular weight excluding hydrogens is 484 g/mol. The summed E-state index contributed by atoms with van der Waals surface area (Å²) in [6, 6.07) is 0. The summed E-state index contributed by atoms with van der Waals surface area (Å²) >= 11 is 3.83. The molecule has 0 bridgehead atoms. The summed E-state index contributed by atoms with van der Waals surface area (Å²) in [5.74, 6) is 0.660. The minimum absolute atomic E-state index is 0.0392. The van der Waals surface area contributed by atoms with Crippen LogP contribution in [0.5, 0.6) is 0 Å². The third-order valence-electron chi connectivity index (χ3n) is 9.56. The Morgan fingerprint density at radius 1 is 1.12 bits per heavy atom. The first-order chi connectivity index (χ1) is 15.6. The van der Waals surface area contributed by atoms with Crippen LogP contribution >= 0.6 is 15.9 Å². The molecule has 5 nitrogen and oxygen atoms in total. The van der Waals surface area contributed by atoms with E-state index in [2.05, 4.69) is 42.8 Å². The van der Waals surface area contributed by atoms with Crippen LogP contribution in [-0.2, 0) is 19.1 Å². The maximum absolute atomic E-state index is 12.2. The summed E-state index contributed by atoms with van der Waals surface area (Å²) in [4.78, 5) is 24.5. The molecule has 0 radical (unpaired) electrons. The lowest BCUT2D eigenvalue weighted by molar-refractivity contribution is -0.161. The van der Waals surface area contributed by atoms with Gasteiger partial charge in [-0.25, -0.2) is 0 Å². The normalized spacial score (nSPS) is 44.2. The number of carbonyl (C=O) groups is 2. The van der Waals surface area contributed by atoms with Crippen LogP contribution in [0.4, 0.5) is 0 Å². The van der Waals surface area contributed by atoms with Crippen LogP contribution < -0.4 is 0 Å². The maximum atomic E-state index is 12.2.